The average molecular weight is 466 g/mol. The van der Waals surface area contributed by atoms with Gasteiger partial charge in [0, 0.05) is 18.0 Å². The molecule has 7 rings (SSSR count). The molecule has 2 heterocycles. The van der Waals surface area contributed by atoms with Gasteiger partial charge in [0.2, 0.25) is 0 Å². The Hall–Kier alpha value is -0.340. The van der Waals surface area contributed by atoms with E-state index in [1.165, 1.54) is 116 Å². The van der Waals surface area contributed by atoms with E-state index in [1.54, 1.807) is 0 Å². The Morgan fingerprint density at radius 2 is 1.41 bits per heavy atom. The molecule has 5 saturated carbocycles. The minimum Gasteiger partial charge on any atom is -0.367 e. The first-order chi connectivity index (χ1) is 16.7. The summed E-state index contributed by atoms with van der Waals surface area (Å²) in [4.78, 5) is 3.08. The second-order valence-electron chi connectivity index (χ2n) is 14.1. The van der Waals surface area contributed by atoms with Crippen molar-refractivity contribution in [3.8, 4) is 0 Å². The summed E-state index contributed by atoms with van der Waals surface area (Å²) in [6, 6.07) is 1.72. The van der Waals surface area contributed by atoms with Crippen LogP contribution in [0, 0.1) is 41.4 Å². The molecule has 0 aromatic heterocycles. The predicted octanol–water partition coefficient (Wildman–Crippen LogP) is 7.77. The van der Waals surface area contributed by atoms with Crippen molar-refractivity contribution < 1.29 is 4.74 Å². The minimum atomic E-state index is -0.00593. The summed E-state index contributed by atoms with van der Waals surface area (Å²) in [6.45, 7) is 3.88. The van der Waals surface area contributed by atoms with Gasteiger partial charge < -0.3 is 4.74 Å². The average Bonchev–Trinajstić information content (AvgIpc) is 3.32. The van der Waals surface area contributed by atoms with Crippen molar-refractivity contribution in [1.29, 1.82) is 0 Å². The summed E-state index contributed by atoms with van der Waals surface area (Å²) in [6.07, 6.45) is 30.7. The molecule has 6 fully saturated rings. The van der Waals surface area contributed by atoms with Crippen LogP contribution in [0.5, 0.6) is 0 Å². The van der Waals surface area contributed by atoms with Crippen LogP contribution in [-0.2, 0) is 4.74 Å². The van der Waals surface area contributed by atoms with Crippen LogP contribution in [-0.4, -0.2) is 35.2 Å². The lowest BCUT2D eigenvalue weighted by molar-refractivity contribution is -0.168. The Balaban J connectivity index is 1.12. The lowest BCUT2D eigenvalue weighted by atomic mass is 9.59. The molecule has 11 unspecified atom stereocenters. The fourth-order valence-electron chi connectivity index (χ4n) is 10.9. The number of likely N-dealkylation sites (tertiary alicyclic amines) is 1. The highest BCUT2D eigenvalue weighted by atomic mass is 16.5. The van der Waals surface area contributed by atoms with Gasteiger partial charge in [-0.15, -0.1) is 0 Å². The fraction of sp³-hybridized carbons (Fsp3) is 0.938. The molecule has 5 aliphatic carbocycles. The summed E-state index contributed by atoms with van der Waals surface area (Å²) in [5, 5.41) is 0. The molecule has 0 aromatic rings. The van der Waals surface area contributed by atoms with E-state index in [2.05, 4.69) is 24.0 Å². The van der Waals surface area contributed by atoms with Gasteiger partial charge in [-0.05, 0) is 107 Å². The van der Waals surface area contributed by atoms with Crippen molar-refractivity contribution >= 4 is 0 Å². The Bertz CT molecular complexity index is 762. The molecule has 0 N–H and O–H groups in total. The van der Waals surface area contributed by atoms with Crippen molar-refractivity contribution in [3.05, 3.63) is 12.2 Å². The van der Waals surface area contributed by atoms with E-state index in [0.717, 1.165) is 47.6 Å². The molecule has 11 atom stereocenters. The molecular formula is C32H51NO. The lowest BCUT2D eigenvalue weighted by Crippen LogP contribution is -2.59. The van der Waals surface area contributed by atoms with Crippen molar-refractivity contribution in [3.63, 3.8) is 0 Å². The molecule has 0 aromatic carbocycles. The van der Waals surface area contributed by atoms with E-state index >= 15 is 0 Å². The van der Waals surface area contributed by atoms with Crippen molar-refractivity contribution in [2.75, 3.05) is 6.54 Å². The Morgan fingerprint density at radius 3 is 2.29 bits per heavy atom. The topological polar surface area (TPSA) is 12.5 Å². The van der Waals surface area contributed by atoms with Gasteiger partial charge in [0.25, 0.3) is 0 Å². The maximum Gasteiger partial charge on any atom is 0.0866 e. The van der Waals surface area contributed by atoms with Gasteiger partial charge in [0.1, 0.15) is 0 Å². The van der Waals surface area contributed by atoms with Crippen LogP contribution >= 0.6 is 0 Å². The molecule has 0 amide bonds. The van der Waals surface area contributed by atoms with Crippen molar-refractivity contribution in [1.82, 2.24) is 4.90 Å². The van der Waals surface area contributed by atoms with Crippen LogP contribution in [0.3, 0.4) is 0 Å². The van der Waals surface area contributed by atoms with Gasteiger partial charge in [0.05, 0.1) is 11.7 Å². The lowest BCUT2D eigenvalue weighted by Gasteiger charge is -2.56. The monoisotopic (exact) mass is 465 g/mol. The van der Waals surface area contributed by atoms with Crippen LogP contribution in [0.2, 0.25) is 0 Å². The van der Waals surface area contributed by atoms with Crippen LogP contribution in [0.15, 0.2) is 12.2 Å². The quantitative estimate of drug-likeness (QED) is 0.386. The summed E-state index contributed by atoms with van der Waals surface area (Å²) >= 11 is 0. The summed E-state index contributed by atoms with van der Waals surface area (Å²) < 4.78 is 7.36. The SMILES string of the molecule is CC1(C2CCC3CCCCC3C2)C=CC2C(CC(N3CCC4CCCCC43)C3CCCCC23)O1. The largest absolute Gasteiger partial charge is 0.367 e. The highest BCUT2D eigenvalue weighted by Gasteiger charge is 2.53. The van der Waals surface area contributed by atoms with Crippen LogP contribution in [0.4, 0.5) is 0 Å². The van der Waals surface area contributed by atoms with E-state index in [9.17, 15) is 0 Å². The van der Waals surface area contributed by atoms with E-state index in [4.69, 9.17) is 4.74 Å². The van der Waals surface area contributed by atoms with Gasteiger partial charge in [-0.2, -0.15) is 0 Å². The highest BCUT2D eigenvalue weighted by Crippen LogP contribution is 2.54. The maximum absolute atomic E-state index is 7.36. The second-order valence-corrected chi connectivity index (χ2v) is 14.1. The van der Waals surface area contributed by atoms with Crippen molar-refractivity contribution in [2.45, 2.75) is 140 Å². The number of hydrogen-bond acceptors (Lipinski definition) is 2. The zero-order valence-corrected chi connectivity index (χ0v) is 22.0. The number of rotatable bonds is 2. The Kier molecular flexibility index (Phi) is 6.17. The minimum absolute atomic E-state index is 0.00593. The Labute approximate surface area is 209 Å². The molecule has 7 aliphatic rings. The van der Waals surface area contributed by atoms with E-state index < -0.39 is 0 Å². The molecule has 34 heavy (non-hydrogen) atoms. The summed E-state index contributed by atoms with van der Waals surface area (Å²) in [5.74, 6) is 6.31. The smallest absolute Gasteiger partial charge is 0.0866 e. The van der Waals surface area contributed by atoms with Gasteiger partial charge in [0.15, 0.2) is 0 Å². The molecule has 1 saturated heterocycles. The molecule has 190 valence electrons. The predicted molar refractivity (Wildman–Crippen MR) is 140 cm³/mol. The van der Waals surface area contributed by atoms with Gasteiger partial charge >= 0.3 is 0 Å². The summed E-state index contributed by atoms with van der Waals surface area (Å²) in [5.41, 5.74) is -0.00593. The zero-order valence-electron chi connectivity index (χ0n) is 22.0. The highest BCUT2D eigenvalue weighted by molar-refractivity contribution is 5.16. The third-order valence-electron chi connectivity index (χ3n) is 12.7. The van der Waals surface area contributed by atoms with Gasteiger partial charge in [-0.1, -0.05) is 63.5 Å². The van der Waals surface area contributed by atoms with Gasteiger partial charge in [-0.3, -0.25) is 4.90 Å². The summed E-state index contributed by atoms with van der Waals surface area (Å²) in [7, 11) is 0. The van der Waals surface area contributed by atoms with Gasteiger partial charge in [-0.25, -0.2) is 0 Å². The van der Waals surface area contributed by atoms with Crippen LogP contribution < -0.4 is 0 Å². The maximum atomic E-state index is 7.36. The number of hydrogen-bond donors (Lipinski definition) is 0. The second kappa shape index (κ2) is 9.20. The third-order valence-corrected chi connectivity index (χ3v) is 12.7. The molecule has 2 heteroatoms. The first-order valence-electron chi connectivity index (χ1n) is 15.8. The first-order valence-corrected chi connectivity index (χ1v) is 15.8. The molecule has 0 spiro atoms. The van der Waals surface area contributed by atoms with Crippen LogP contribution in [0.25, 0.3) is 0 Å². The molecular weight excluding hydrogens is 414 g/mol. The number of nitrogens with zero attached hydrogens (tertiary/aromatic N) is 1. The van der Waals surface area contributed by atoms with E-state index in [0.29, 0.717) is 12.0 Å². The van der Waals surface area contributed by atoms with E-state index in [1.807, 2.05) is 0 Å². The first kappa shape index (κ1) is 22.8. The number of ether oxygens (including phenoxy) is 1. The standard InChI is InChI=1S/C32H51NO/c1-32(25-15-14-22-8-2-3-10-24(22)20-25)18-16-28-26-11-5-6-12-27(26)30(21-31(28)34-32)33-19-17-23-9-4-7-13-29(23)33/h16,18,22-31H,2-15,17,19-21H2,1H3. The third kappa shape index (κ3) is 3.87. The molecule has 0 bridgehead atoms. The molecule has 2 aliphatic heterocycles. The zero-order chi connectivity index (χ0) is 22.7. The van der Waals surface area contributed by atoms with E-state index in [-0.39, 0.29) is 5.60 Å². The normalized spacial score (nSPS) is 53.4. The van der Waals surface area contributed by atoms with Crippen molar-refractivity contribution in [2.24, 2.45) is 41.4 Å². The van der Waals surface area contributed by atoms with Crippen LogP contribution in [0.1, 0.15) is 116 Å². The molecule has 0 radical (unpaired) electrons. The molecule has 2 nitrogen and oxygen atoms in total. The number of fused-ring (bicyclic) bond motifs is 5. The fourth-order valence-corrected chi connectivity index (χ4v) is 10.9. The Morgan fingerprint density at radius 1 is 0.676 bits per heavy atom.